The average molecular weight is 252 g/mol. The van der Waals surface area contributed by atoms with Crippen molar-refractivity contribution in [1.82, 2.24) is 0 Å². The van der Waals surface area contributed by atoms with Crippen LogP contribution in [-0.2, 0) is 0 Å². The van der Waals surface area contributed by atoms with Gasteiger partial charge >= 0.3 is 0 Å². The van der Waals surface area contributed by atoms with Crippen LogP contribution in [0.5, 0.6) is 5.75 Å². The fourth-order valence-electron chi connectivity index (χ4n) is 1.83. The van der Waals surface area contributed by atoms with E-state index in [2.05, 4.69) is 4.90 Å². The van der Waals surface area contributed by atoms with Crippen molar-refractivity contribution < 1.29 is 9.84 Å². The summed E-state index contributed by atoms with van der Waals surface area (Å²) < 4.78 is 5.15. The molecule has 0 heterocycles. The van der Waals surface area contributed by atoms with Crippen molar-refractivity contribution in [2.75, 3.05) is 38.3 Å². The van der Waals surface area contributed by atoms with Crippen LogP contribution in [0.4, 0.5) is 5.69 Å². The van der Waals surface area contributed by atoms with Crippen LogP contribution >= 0.6 is 0 Å². The van der Waals surface area contributed by atoms with E-state index in [-0.39, 0.29) is 12.5 Å². The molecule has 0 aliphatic carbocycles. The van der Waals surface area contributed by atoms with E-state index < -0.39 is 0 Å². The second-order valence-corrected chi connectivity index (χ2v) is 4.57. The monoisotopic (exact) mass is 252 g/mol. The van der Waals surface area contributed by atoms with Crippen LogP contribution in [0.2, 0.25) is 0 Å². The third-order valence-electron chi connectivity index (χ3n) is 2.91. The number of anilines is 1. The van der Waals surface area contributed by atoms with Crippen LogP contribution in [0.3, 0.4) is 0 Å². The molecule has 1 unspecified atom stereocenters. The van der Waals surface area contributed by atoms with Crippen LogP contribution in [0.15, 0.2) is 24.3 Å². The fraction of sp³-hybridized carbons (Fsp3) is 0.571. The van der Waals surface area contributed by atoms with Crippen molar-refractivity contribution >= 4 is 5.69 Å². The van der Waals surface area contributed by atoms with Crippen LogP contribution < -0.4 is 15.4 Å². The molecular formula is C14H24N2O2. The summed E-state index contributed by atoms with van der Waals surface area (Å²) in [5, 5.41) is 9.17. The summed E-state index contributed by atoms with van der Waals surface area (Å²) in [6.07, 6.45) is 0.949. The number of hydrogen-bond acceptors (Lipinski definition) is 4. The van der Waals surface area contributed by atoms with Crippen molar-refractivity contribution in [2.45, 2.75) is 13.3 Å². The molecule has 18 heavy (non-hydrogen) atoms. The van der Waals surface area contributed by atoms with E-state index >= 15 is 0 Å². The second-order valence-electron chi connectivity index (χ2n) is 4.57. The molecule has 0 aliphatic heterocycles. The maximum Gasteiger partial charge on any atom is 0.119 e. The molecule has 0 radical (unpaired) electrons. The number of aliphatic hydroxyl groups excluding tert-OH is 1. The van der Waals surface area contributed by atoms with Gasteiger partial charge < -0.3 is 20.5 Å². The van der Waals surface area contributed by atoms with E-state index in [1.54, 1.807) is 7.11 Å². The smallest absolute Gasteiger partial charge is 0.119 e. The molecule has 102 valence electrons. The van der Waals surface area contributed by atoms with Gasteiger partial charge in [-0.15, -0.1) is 0 Å². The van der Waals surface area contributed by atoms with Gasteiger partial charge in [-0.05, 0) is 43.1 Å². The molecule has 0 amide bonds. The summed E-state index contributed by atoms with van der Waals surface area (Å²) in [5.41, 5.74) is 6.71. The zero-order valence-electron chi connectivity index (χ0n) is 11.3. The zero-order chi connectivity index (χ0) is 13.4. The Bertz CT molecular complexity index is 327. The lowest BCUT2D eigenvalue weighted by Crippen LogP contribution is -2.31. The number of aliphatic hydroxyl groups is 1. The van der Waals surface area contributed by atoms with E-state index in [1.165, 1.54) is 0 Å². The maximum atomic E-state index is 9.17. The molecule has 1 aromatic carbocycles. The van der Waals surface area contributed by atoms with Crippen molar-refractivity contribution in [3.63, 3.8) is 0 Å². The molecule has 1 rings (SSSR count). The predicted molar refractivity (Wildman–Crippen MR) is 75.1 cm³/mol. The second kappa shape index (κ2) is 7.95. The van der Waals surface area contributed by atoms with E-state index in [0.717, 1.165) is 30.9 Å². The van der Waals surface area contributed by atoms with Gasteiger partial charge in [0.2, 0.25) is 0 Å². The van der Waals surface area contributed by atoms with Crippen LogP contribution in [-0.4, -0.2) is 38.5 Å². The van der Waals surface area contributed by atoms with Crippen molar-refractivity contribution in [3.8, 4) is 5.75 Å². The van der Waals surface area contributed by atoms with Crippen molar-refractivity contribution in [3.05, 3.63) is 24.3 Å². The van der Waals surface area contributed by atoms with E-state index in [4.69, 9.17) is 15.6 Å². The first kappa shape index (κ1) is 14.8. The first-order valence-electron chi connectivity index (χ1n) is 6.41. The number of methoxy groups -OCH3 is 1. The lowest BCUT2D eigenvalue weighted by atomic mass is 10.1. The Morgan fingerprint density at radius 2 is 2.00 bits per heavy atom. The van der Waals surface area contributed by atoms with Gasteiger partial charge in [0, 0.05) is 25.4 Å². The highest BCUT2D eigenvalue weighted by Crippen LogP contribution is 2.20. The Balaban J connectivity index is 2.72. The van der Waals surface area contributed by atoms with Gasteiger partial charge in [-0.25, -0.2) is 0 Å². The number of rotatable bonds is 8. The van der Waals surface area contributed by atoms with Gasteiger partial charge in [0.15, 0.2) is 0 Å². The Hall–Kier alpha value is -1.26. The minimum atomic E-state index is 0.204. The fourth-order valence-corrected chi connectivity index (χ4v) is 1.83. The first-order valence-corrected chi connectivity index (χ1v) is 6.41. The Kier molecular flexibility index (Phi) is 6.54. The normalized spacial score (nSPS) is 12.2. The molecule has 0 aromatic heterocycles. The summed E-state index contributed by atoms with van der Waals surface area (Å²) in [7, 11) is 1.66. The third kappa shape index (κ3) is 4.55. The quantitative estimate of drug-likeness (QED) is 0.736. The number of benzene rings is 1. The molecule has 0 saturated carbocycles. The molecule has 1 aromatic rings. The van der Waals surface area contributed by atoms with Crippen molar-refractivity contribution in [1.29, 1.82) is 0 Å². The number of hydrogen-bond donors (Lipinski definition) is 2. The molecule has 0 fully saturated rings. The van der Waals surface area contributed by atoms with Crippen LogP contribution in [0.1, 0.15) is 13.3 Å². The SMILES string of the molecule is COc1ccc(N(CCCN)CC(C)CO)cc1. The number of ether oxygens (including phenoxy) is 1. The van der Waals surface area contributed by atoms with Gasteiger partial charge in [0.1, 0.15) is 5.75 Å². The van der Waals surface area contributed by atoms with Gasteiger partial charge in [0.25, 0.3) is 0 Å². The molecular weight excluding hydrogens is 228 g/mol. The van der Waals surface area contributed by atoms with E-state index in [9.17, 15) is 0 Å². The average Bonchev–Trinajstić information content (AvgIpc) is 2.43. The number of nitrogens with zero attached hydrogens (tertiary/aromatic N) is 1. The summed E-state index contributed by atoms with van der Waals surface area (Å²) in [4.78, 5) is 2.26. The lowest BCUT2D eigenvalue weighted by molar-refractivity contribution is 0.239. The summed E-state index contributed by atoms with van der Waals surface area (Å²) in [6, 6.07) is 7.99. The van der Waals surface area contributed by atoms with Crippen molar-refractivity contribution in [2.24, 2.45) is 11.7 Å². The minimum Gasteiger partial charge on any atom is -0.497 e. The highest BCUT2D eigenvalue weighted by atomic mass is 16.5. The first-order chi connectivity index (χ1) is 8.71. The van der Waals surface area contributed by atoms with Gasteiger partial charge in [-0.1, -0.05) is 6.92 Å². The van der Waals surface area contributed by atoms with Gasteiger partial charge in [0.05, 0.1) is 7.11 Å². The Morgan fingerprint density at radius 1 is 1.33 bits per heavy atom. The summed E-state index contributed by atoms with van der Waals surface area (Å²) in [6.45, 7) is 4.67. The highest BCUT2D eigenvalue weighted by molar-refractivity contribution is 5.49. The largest absolute Gasteiger partial charge is 0.497 e. The summed E-state index contributed by atoms with van der Waals surface area (Å²) >= 11 is 0. The molecule has 3 N–H and O–H groups in total. The molecule has 0 spiro atoms. The summed E-state index contributed by atoms with van der Waals surface area (Å²) in [5.74, 6) is 1.11. The lowest BCUT2D eigenvalue weighted by Gasteiger charge is -2.27. The zero-order valence-corrected chi connectivity index (χ0v) is 11.3. The highest BCUT2D eigenvalue weighted by Gasteiger charge is 2.10. The van der Waals surface area contributed by atoms with Gasteiger partial charge in [-0.3, -0.25) is 0 Å². The van der Waals surface area contributed by atoms with Gasteiger partial charge in [-0.2, -0.15) is 0 Å². The predicted octanol–water partition coefficient (Wildman–Crippen LogP) is 1.48. The third-order valence-corrected chi connectivity index (χ3v) is 2.91. The van der Waals surface area contributed by atoms with E-state index in [0.29, 0.717) is 6.54 Å². The van der Waals surface area contributed by atoms with Crippen LogP contribution in [0, 0.1) is 5.92 Å². The molecule has 4 nitrogen and oxygen atoms in total. The standard InChI is InChI=1S/C14H24N2O2/c1-12(11-17)10-16(9-3-8-15)13-4-6-14(18-2)7-5-13/h4-7,12,17H,3,8-11,15H2,1-2H3. The van der Waals surface area contributed by atoms with E-state index in [1.807, 2.05) is 31.2 Å². The molecule has 1 atom stereocenters. The topological polar surface area (TPSA) is 58.7 Å². The Morgan fingerprint density at radius 3 is 2.50 bits per heavy atom. The Labute approximate surface area is 109 Å². The minimum absolute atomic E-state index is 0.204. The molecule has 0 saturated heterocycles. The van der Waals surface area contributed by atoms with Crippen LogP contribution in [0.25, 0.3) is 0 Å². The molecule has 4 heteroatoms. The molecule has 0 bridgehead atoms. The molecule has 0 aliphatic rings. The number of nitrogens with two attached hydrogens (primary N) is 1. The maximum absolute atomic E-state index is 9.17.